The molecular formula is C11H21N3O5. The number of rotatable bonds is 9. The molecule has 3 amide bonds. The molecule has 8 nitrogen and oxygen atoms in total. The van der Waals surface area contributed by atoms with Crippen LogP contribution in [0.1, 0.15) is 26.7 Å². The van der Waals surface area contributed by atoms with Crippen LogP contribution in [-0.2, 0) is 14.3 Å². The molecule has 0 saturated carbocycles. The van der Waals surface area contributed by atoms with E-state index in [4.69, 9.17) is 15.6 Å². The van der Waals surface area contributed by atoms with Gasteiger partial charge in [-0.1, -0.05) is 0 Å². The Morgan fingerprint density at radius 1 is 1.32 bits per heavy atom. The van der Waals surface area contributed by atoms with Gasteiger partial charge in [0.15, 0.2) is 0 Å². The van der Waals surface area contributed by atoms with Gasteiger partial charge < -0.3 is 26.2 Å². The van der Waals surface area contributed by atoms with Gasteiger partial charge in [-0.3, -0.25) is 4.79 Å². The lowest BCUT2D eigenvalue weighted by molar-refractivity contribution is -0.139. The predicted molar refractivity (Wildman–Crippen MR) is 67.5 cm³/mol. The number of hydrogen-bond donors (Lipinski definition) is 4. The van der Waals surface area contributed by atoms with Crippen LogP contribution in [0.4, 0.5) is 4.79 Å². The van der Waals surface area contributed by atoms with Crippen molar-refractivity contribution >= 4 is 17.9 Å². The van der Waals surface area contributed by atoms with Crippen molar-refractivity contribution in [3.05, 3.63) is 0 Å². The number of carboxylic acids is 1. The molecule has 1 unspecified atom stereocenters. The number of hydrogen-bond acceptors (Lipinski definition) is 4. The van der Waals surface area contributed by atoms with E-state index in [1.54, 1.807) is 6.92 Å². The maximum absolute atomic E-state index is 11.5. The lowest BCUT2D eigenvalue weighted by atomic mass is 10.1. The Hall–Kier alpha value is -1.83. The van der Waals surface area contributed by atoms with Crippen molar-refractivity contribution in [2.75, 3.05) is 13.2 Å². The van der Waals surface area contributed by atoms with E-state index in [1.165, 1.54) is 0 Å². The second-order valence-corrected chi connectivity index (χ2v) is 4.07. The highest BCUT2D eigenvalue weighted by Crippen LogP contribution is 1.97. The molecule has 5 N–H and O–H groups in total. The van der Waals surface area contributed by atoms with Crippen molar-refractivity contribution in [2.24, 2.45) is 5.73 Å². The summed E-state index contributed by atoms with van der Waals surface area (Å²) in [7, 11) is 0. The van der Waals surface area contributed by atoms with Gasteiger partial charge in [0.25, 0.3) is 0 Å². The van der Waals surface area contributed by atoms with Gasteiger partial charge in [0.1, 0.15) is 6.04 Å². The molecule has 0 radical (unpaired) electrons. The molecule has 0 aliphatic carbocycles. The Kier molecular flexibility index (Phi) is 8.27. The van der Waals surface area contributed by atoms with Gasteiger partial charge in [-0.15, -0.1) is 0 Å². The number of carbonyl (C=O) groups excluding carboxylic acids is 2. The van der Waals surface area contributed by atoms with Crippen molar-refractivity contribution in [2.45, 2.75) is 38.8 Å². The Labute approximate surface area is 111 Å². The molecule has 0 saturated heterocycles. The fraction of sp³-hybridized carbons (Fsp3) is 0.727. The van der Waals surface area contributed by atoms with E-state index in [1.807, 2.05) is 6.92 Å². The highest BCUT2D eigenvalue weighted by atomic mass is 16.5. The first-order valence-electron chi connectivity index (χ1n) is 6.02. The summed E-state index contributed by atoms with van der Waals surface area (Å²) in [5.74, 6) is -1.83. The number of ether oxygens (including phenoxy) is 1. The third-order valence-electron chi connectivity index (χ3n) is 2.23. The van der Waals surface area contributed by atoms with Crippen LogP contribution in [0.3, 0.4) is 0 Å². The summed E-state index contributed by atoms with van der Waals surface area (Å²) in [6.45, 7) is 4.43. The molecule has 8 heteroatoms. The zero-order valence-electron chi connectivity index (χ0n) is 11.1. The quantitative estimate of drug-likeness (QED) is 0.447. The fourth-order valence-electron chi connectivity index (χ4n) is 1.30. The third kappa shape index (κ3) is 8.83. The summed E-state index contributed by atoms with van der Waals surface area (Å²) in [4.78, 5) is 33.0. The number of nitrogens with two attached hydrogens (primary N) is 1. The first-order valence-corrected chi connectivity index (χ1v) is 6.02. The van der Waals surface area contributed by atoms with Gasteiger partial charge in [-0.05, 0) is 20.3 Å². The lowest BCUT2D eigenvalue weighted by Gasteiger charge is -2.18. The van der Waals surface area contributed by atoms with Crippen LogP contribution in [0.2, 0.25) is 0 Å². The SMILES string of the molecule is CCOCC(C)NC(=O)N[C@@H](CCC(N)=O)C(=O)O. The monoisotopic (exact) mass is 275 g/mol. The maximum atomic E-state index is 11.5. The van der Waals surface area contributed by atoms with Gasteiger partial charge in [-0.25, -0.2) is 9.59 Å². The topological polar surface area (TPSA) is 131 Å². The summed E-state index contributed by atoms with van der Waals surface area (Å²) in [6, 6.07) is -2.01. The molecule has 0 heterocycles. The molecule has 19 heavy (non-hydrogen) atoms. The second kappa shape index (κ2) is 9.15. The number of carboxylic acid groups (broad SMARTS) is 1. The van der Waals surface area contributed by atoms with Gasteiger partial charge >= 0.3 is 12.0 Å². The lowest BCUT2D eigenvalue weighted by Crippen LogP contribution is -2.49. The molecule has 0 spiro atoms. The average Bonchev–Trinajstić information content (AvgIpc) is 2.31. The Morgan fingerprint density at radius 2 is 1.95 bits per heavy atom. The van der Waals surface area contributed by atoms with E-state index < -0.39 is 23.9 Å². The highest BCUT2D eigenvalue weighted by Gasteiger charge is 2.21. The maximum Gasteiger partial charge on any atom is 0.326 e. The predicted octanol–water partition coefficient (Wildman–Crippen LogP) is -0.571. The fourth-order valence-corrected chi connectivity index (χ4v) is 1.30. The molecule has 0 aromatic rings. The van der Waals surface area contributed by atoms with E-state index in [2.05, 4.69) is 10.6 Å². The van der Waals surface area contributed by atoms with Crippen molar-refractivity contribution < 1.29 is 24.2 Å². The van der Waals surface area contributed by atoms with Crippen molar-refractivity contribution in [1.29, 1.82) is 0 Å². The van der Waals surface area contributed by atoms with Crippen LogP contribution >= 0.6 is 0 Å². The van der Waals surface area contributed by atoms with E-state index in [0.717, 1.165) is 0 Å². The molecule has 0 rings (SSSR count). The van der Waals surface area contributed by atoms with Crippen molar-refractivity contribution in [3.63, 3.8) is 0 Å². The number of carbonyl (C=O) groups is 3. The first-order chi connectivity index (χ1) is 8.86. The van der Waals surface area contributed by atoms with Crippen LogP contribution in [-0.4, -0.2) is 48.3 Å². The van der Waals surface area contributed by atoms with Crippen LogP contribution in [0.5, 0.6) is 0 Å². The summed E-state index contributed by atoms with van der Waals surface area (Å²) < 4.78 is 5.11. The van der Waals surface area contributed by atoms with Crippen LogP contribution < -0.4 is 16.4 Å². The van der Waals surface area contributed by atoms with Crippen LogP contribution in [0.25, 0.3) is 0 Å². The van der Waals surface area contributed by atoms with Crippen molar-refractivity contribution in [1.82, 2.24) is 10.6 Å². The van der Waals surface area contributed by atoms with Gasteiger partial charge in [-0.2, -0.15) is 0 Å². The molecular weight excluding hydrogens is 254 g/mol. The molecule has 0 bridgehead atoms. The molecule has 0 aliphatic heterocycles. The third-order valence-corrected chi connectivity index (χ3v) is 2.23. The van der Waals surface area contributed by atoms with Crippen LogP contribution in [0, 0.1) is 0 Å². The zero-order valence-corrected chi connectivity index (χ0v) is 11.1. The first kappa shape index (κ1) is 17.2. The summed E-state index contributed by atoms with van der Waals surface area (Å²) in [5, 5.41) is 13.7. The van der Waals surface area contributed by atoms with E-state index in [9.17, 15) is 14.4 Å². The summed E-state index contributed by atoms with van der Waals surface area (Å²) in [5.41, 5.74) is 4.93. The van der Waals surface area contributed by atoms with E-state index in [-0.39, 0.29) is 18.9 Å². The highest BCUT2D eigenvalue weighted by molar-refractivity contribution is 5.83. The molecule has 0 aromatic heterocycles. The molecule has 110 valence electrons. The smallest absolute Gasteiger partial charge is 0.326 e. The van der Waals surface area contributed by atoms with E-state index >= 15 is 0 Å². The van der Waals surface area contributed by atoms with E-state index in [0.29, 0.717) is 13.2 Å². The number of amides is 3. The minimum absolute atomic E-state index is 0.0437. The Bertz CT molecular complexity index is 321. The minimum Gasteiger partial charge on any atom is -0.480 e. The van der Waals surface area contributed by atoms with Crippen molar-refractivity contribution in [3.8, 4) is 0 Å². The Balaban J connectivity index is 4.16. The molecule has 0 aromatic carbocycles. The zero-order chi connectivity index (χ0) is 14.8. The van der Waals surface area contributed by atoms with Gasteiger partial charge in [0.2, 0.25) is 5.91 Å². The molecule has 0 fully saturated rings. The Morgan fingerprint density at radius 3 is 2.42 bits per heavy atom. The number of urea groups is 1. The molecule has 0 aliphatic rings. The minimum atomic E-state index is -1.21. The number of nitrogens with one attached hydrogen (secondary N) is 2. The van der Waals surface area contributed by atoms with Crippen LogP contribution in [0.15, 0.2) is 0 Å². The summed E-state index contributed by atoms with van der Waals surface area (Å²) >= 11 is 0. The standard InChI is InChI=1S/C11H21N3O5/c1-3-19-6-7(2)13-11(18)14-8(10(16)17)4-5-9(12)15/h7-8H,3-6H2,1-2H3,(H2,12,15)(H,16,17)(H2,13,14,18)/t7?,8-/m0/s1. The summed E-state index contributed by atoms with van der Waals surface area (Å²) in [6.07, 6.45) is -0.149. The van der Waals surface area contributed by atoms with Gasteiger partial charge in [0, 0.05) is 13.0 Å². The second-order valence-electron chi connectivity index (χ2n) is 4.07. The molecule has 2 atom stereocenters. The van der Waals surface area contributed by atoms with Gasteiger partial charge in [0.05, 0.1) is 12.6 Å². The normalized spacial score (nSPS) is 13.4. The average molecular weight is 275 g/mol. The largest absolute Gasteiger partial charge is 0.480 e. The number of primary amides is 1. The number of aliphatic carboxylic acids is 1.